The van der Waals surface area contributed by atoms with E-state index < -0.39 is 21.9 Å². The quantitative estimate of drug-likeness (QED) is 0.383. The minimum absolute atomic E-state index is 0.0956. The van der Waals surface area contributed by atoms with Crippen molar-refractivity contribution in [2.45, 2.75) is 24.3 Å². The van der Waals surface area contributed by atoms with Crippen LogP contribution in [0.2, 0.25) is 0 Å². The number of aromatic nitrogens is 1. The van der Waals surface area contributed by atoms with Crippen molar-refractivity contribution in [2.24, 2.45) is 10.9 Å². The van der Waals surface area contributed by atoms with Crippen molar-refractivity contribution >= 4 is 43.5 Å². The molecule has 0 spiro atoms. The Bertz CT molecular complexity index is 1410. The fourth-order valence-corrected chi connectivity index (χ4v) is 6.63. The van der Waals surface area contributed by atoms with Gasteiger partial charge in [-0.3, -0.25) is 4.79 Å². The van der Waals surface area contributed by atoms with Crippen LogP contribution in [0.1, 0.15) is 23.2 Å². The van der Waals surface area contributed by atoms with E-state index in [4.69, 9.17) is 4.74 Å². The van der Waals surface area contributed by atoms with Gasteiger partial charge in [-0.2, -0.15) is 9.30 Å². The smallest absolute Gasteiger partial charge is 0.337 e. The van der Waals surface area contributed by atoms with Crippen molar-refractivity contribution in [2.75, 3.05) is 20.2 Å². The Morgan fingerprint density at radius 3 is 2.71 bits per heavy atom. The Hall–Kier alpha value is -3.08. The topological polar surface area (TPSA) is 98.0 Å². The number of ether oxygens (including phenoxy) is 1. The summed E-state index contributed by atoms with van der Waals surface area (Å²) in [7, 11) is -2.35. The molecule has 1 aromatic heterocycles. The highest BCUT2D eigenvalue weighted by Crippen LogP contribution is 2.25. The second-order valence-corrected chi connectivity index (χ2v) is 10.9. The molecular weight excluding hydrogens is 474 g/mol. The number of hydrogen-bond donors (Lipinski definition) is 0. The Morgan fingerprint density at radius 1 is 1.24 bits per heavy atom. The monoisotopic (exact) mass is 499 g/mol. The van der Waals surface area contributed by atoms with Crippen LogP contribution in [-0.4, -0.2) is 49.4 Å². The number of amides is 1. The van der Waals surface area contributed by atoms with E-state index in [1.807, 2.05) is 4.57 Å². The molecule has 1 amide bonds. The predicted octanol–water partition coefficient (Wildman–Crippen LogP) is 3.20. The number of hydrogen-bond acceptors (Lipinski definition) is 6. The molecule has 1 aliphatic rings. The molecule has 0 radical (unpaired) electrons. The van der Waals surface area contributed by atoms with Crippen LogP contribution in [-0.2, 0) is 26.1 Å². The van der Waals surface area contributed by atoms with Gasteiger partial charge < -0.3 is 9.30 Å². The lowest BCUT2D eigenvalue weighted by molar-refractivity contribution is -0.122. The summed E-state index contributed by atoms with van der Waals surface area (Å²) in [5, 5.41) is 0. The number of sulfonamides is 1. The summed E-state index contributed by atoms with van der Waals surface area (Å²) in [6, 6.07) is 13.4. The zero-order valence-electron chi connectivity index (χ0n) is 18.7. The van der Waals surface area contributed by atoms with Crippen LogP contribution in [0.5, 0.6) is 0 Å². The fraction of sp³-hybridized carbons (Fsp3) is 0.292. The average Bonchev–Trinajstić information content (AvgIpc) is 3.20. The van der Waals surface area contributed by atoms with Gasteiger partial charge in [-0.15, -0.1) is 6.58 Å². The van der Waals surface area contributed by atoms with E-state index >= 15 is 0 Å². The third kappa shape index (κ3) is 4.75. The van der Waals surface area contributed by atoms with Gasteiger partial charge in [-0.1, -0.05) is 35.6 Å². The number of benzene rings is 2. The standard InChI is InChI=1S/C24H25N3O5S2/c1-3-13-27-20-12-11-17(23(29)32-2)15-21(20)33-24(27)25-22(28)18-8-7-14-26(16-18)34(30,31)19-9-5-4-6-10-19/h3-6,9-12,15,18H,1,7-8,13-14,16H2,2H3. The normalized spacial score (nSPS) is 17.6. The van der Waals surface area contributed by atoms with Crippen LogP contribution in [0.25, 0.3) is 10.2 Å². The zero-order chi connectivity index (χ0) is 24.3. The molecule has 34 heavy (non-hydrogen) atoms. The highest BCUT2D eigenvalue weighted by Gasteiger charge is 2.33. The second-order valence-electron chi connectivity index (χ2n) is 7.92. The van der Waals surface area contributed by atoms with Crippen molar-refractivity contribution in [1.82, 2.24) is 8.87 Å². The number of piperidine rings is 1. The van der Waals surface area contributed by atoms with Crippen molar-refractivity contribution in [3.8, 4) is 0 Å². The summed E-state index contributed by atoms with van der Waals surface area (Å²) in [6.45, 7) is 4.69. The molecule has 1 saturated heterocycles. The van der Waals surface area contributed by atoms with Crippen LogP contribution in [0.4, 0.5) is 0 Å². The summed E-state index contributed by atoms with van der Waals surface area (Å²) < 4.78 is 34.8. The molecule has 2 aromatic carbocycles. The Kier molecular flexibility index (Phi) is 7.11. The summed E-state index contributed by atoms with van der Waals surface area (Å²) in [6.07, 6.45) is 2.86. The second kappa shape index (κ2) is 10.0. The molecule has 1 fully saturated rings. The van der Waals surface area contributed by atoms with E-state index in [-0.39, 0.29) is 17.3 Å². The largest absolute Gasteiger partial charge is 0.465 e. The third-order valence-electron chi connectivity index (χ3n) is 5.74. The summed E-state index contributed by atoms with van der Waals surface area (Å²) in [5.74, 6) is -1.33. The molecule has 0 aliphatic carbocycles. The Balaban J connectivity index is 1.65. The van der Waals surface area contributed by atoms with Gasteiger partial charge in [0, 0.05) is 19.6 Å². The van der Waals surface area contributed by atoms with Crippen LogP contribution in [0.15, 0.2) is 71.1 Å². The molecule has 0 N–H and O–H groups in total. The molecule has 10 heteroatoms. The zero-order valence-corrected chi connectivity index (χ0v) is 20.3. The van der Waals surface area contributed by atoms with Crippen molar-refractivity contribution in [3.05, 3.63) is 71.6 Å². The van der Waals surface area contributed by atoms with Crippen LogP contribution in [0.3, 0.4) is 0 Å². The van der Waals surface area contributed by atoms with Crippen LogP contribution < -0.4 is 4.80 Å². The number of fused-ring (bicyclic) bond motifs is 1. The van der Waals surface area contributed by atoms with E-state index in [0.717, 1.165) is 10.2 Å². The highest BCUT2D eigenvalue weighted by atomic mass is 32.2. The Morgan fingerprint density at radius 2 is 2.00 bits per heavy atom. The maximum atomic E-state index is 13.1. The summed E-state index contributed by atoms with van der Waals surface area (Å²) in [4.78, 5) is 30.1. The van der Waals surface area contributed by atoms with E-state index in [1.165, 1.54) is 22.8 Å². The van der Waals surface area contributed by atoms with Gasteiger partial charge >= 0.3 is 5.97 Å². The molecule has 8 nitrogen and oxygen atoms in total. The van der Waals surface area contributed by atoms with Crippen molar-refractivity contribution < 1.29 is 22.7 Å². The van der Waals surface area contributed by atoms with Crippen molar-refractivity contribution in [1.29, 1.82) is 0 Å². The number of nitrogens with zero attached hydrogens (tertiary/aromatic N) is 3. The number of allylic oxidation sites excluding steroid dienone is 1. The maximum Gasteiger partial charge on any atom is 0.337 e. The number of methoxy groups -OCH3 is 1. The first kappa shape index (κ1) is 24.1. The van der Waals surface area contributed by atoms with Gasteiger partial charge in [-0.25, -0.2) is 13.2 Å². The molecular formula is C24H25N3O5S2. The van der Waals surface area contributed by atoms with Gasteiger partial charge in [0.15, 0.2) is 4.80 Å². The molecule has 1 atom stereocenters. The van der Waals surface area contributed by atoms with E-state index in [1.54, 1.807) is 54.6 Å². The molecule has 1 unspecified atom stereocenters. The van der Waals surface area contributed by atoms with Gasteiger partial charge in [0.05, 0.1) is 33.7 Å². The predicted molar refractivity (Wildman–Crippen MR) is 130 cm³/mol. The molecule has 178 valence electrons. The molecule has 4 rings (SSSR count). The number of rotatable bonds is 6. The number of thiazole rings is 1. The lowest BCUT2D eigenvalue weighted by atomic mass is 9.99. The molecule has 1 aliphatic heterocycles. The lowest BCUT2D eigenvalue weighted by Gasteiger charge is -2.30. The number of esters is 1. The van der Waals surface area contributed by atoms with Gasteiger partial charge in [0.2, 0.25) is 10.0 Å². The first-order valence-electron chi connectivity index (χ1n) is 10.8. The summed E-state index contributed by atoms with van der Waals surface area (Å²) in [5.41, 5.74) is 1.23. The lowest BCUT2D eigenvalue weighted by Crippen LogP contribution is -2.42. The molecule has 3 aromatic rings. The van der Waals surface area contributed by atoms with Crippen molar-refractivity contribution in [3.63, 3.8) is 0 Å². The molecule has 2 heterocycles. The molecule has 0 saturated carbocycles. The maximum absolute atomic E-state index is 13.1. The summed E-state index contributed by atoms with van der Waals surface area (Å²) >= 11 is 1.29. The van der Waals surface area contributed by atoms with E-state index in [0.29, 0.717) is 36.3 Å². The minimum atomic E-state index is -3.67. The first-order valence-corrected chi connectivity index (χ1v) is 13.1. The average molecular weight is 500 g/mol. The minimum Gasteiger partial charge on any atom is -0.465 e. The third-order valence-corrected chi connectivity index (χ3v) is 8.66. The Labute approximate surface area is 201 Å². The van der Waals surface area contributed by atoms with Gasteiger partial charge in [0.25, 0.3) is 5.91 Å². The van der Waals surface area contributed by atoms with Gasteiger partial charge in [-0.05, 0) is 43.2 Å². The molecule has 0 bridgehead atoms. The van der Waals surface area contributed by atoms with Crippen LogP contribution in [0, 0.1) is 5.92 Å². The number of carbonyl (C=O) groups is 2. The van der Waals surface area contributed by atoms with Gasteiger partial charge in [0.1, 0.15) is 0 Å². The fourth-order valence-electron chi connectivity index (χ4n) is 4.00. The van der Waals surface area contributed by atoms with Crippen LogP contribution >= 0.6 is 11.3 Å². The SMILES string of the molecule is C=CCn1c(=NC(=O)C2CCCN(S(=O)(=O)c3ccccc3)C2)sc2cc(C(=O)OC)ccc21. The first-order chi connectivity index (χ1) is 16.3. The van der Waals surface area contributed by atoms with E-state index in [9.17, 15) is 18.0 Å². The van der Waals surface area contributed by atoms with E-state index in [2.05, 4.69) is 11.6 Å². The highest BCUT2D eigenvalue weighted by molar-refractivity contribution is 7.89. The number of carbonyl (C=O) groups excluding carboxylic acids is 2.